The zero-order chi connectivity index (χ0) is 19.3. The van der Waals surface area contributed by atoms with E-state index in [2.05, 4.69) is 5.32 Å². The molecule has 1 aromatic carbocycles. The van der Waals surface area contributed by atoms with Crippen molar-refractivity contribution in [3.63, 3.8) is 0 Å². The van der Waals surface area contributed by atoms with Crippen molar-refractivity contribution in [2.75, 3.05) is 46.4 Å². The van der Waals surface area contributed by atoms with Gasteiger partial charge in [0.25, 0.3) is 0 Å². The van der Waals surface area contributed by atoms with Crippen LogP contribution in [-0.4, -0.2) is 69.2 Å². The number of benzene rings is 1. The summed E-state index contributed by atoms with van der Waals surface area (Å²) in [4.78, 5) is 0.931. The Hall–Kier alpha value is -1.43. The van der Waals surface area contributed by atoms with E-state index in [1.165, 1.54) is 0 Å². The predicted molar refractivity (Wildman–Crippen MR) is 93.7 cm³/mol. The molecule has 11 heteroatoms. The molecule has 0 saturated carbocycles. The molecule has 0 unspecified atom stereocenters. The van der Waals surface area contributed by atoms with E-state index in [0.29, 0.717) is 37.4 Å². The summed E-state index contributed by atoms with van der Waals surface area (Å²) in [5.41, 5.74) is 0. The SMILES string of the molecule is COCCCNC(=S)N1CCN(S(=O)(=O)c2ccc(F)c(F)c2F)CC1. The van der Waals surface area contributed by atoms with E-state index < -0.39 is 32.4 Å². The van der Waals surface area contributed by atoms with Gasteiger partial charge in [-0.15, -0.1) is 0 Å². The van der Waals surface area contributed by atoms with E-state index in [1.807, 2.05) is 0 Å². The molecule has 1 aliphatic rings. The van der Waals surface area contributed by atoms with Gasteiger partial charge in [-0.05, 0) is 30.8 Å². The molecule has 1 aliphatic heterocycles. The topological polar surface area (TPSA) is 61.9 Å². The Kier molecular flexibility index (Phi) is 7.21. The van der Waals surface area contributed by atoms with Crippen LogP contribution in [0.3, 0.4) is 0 Å². The molecule has 1 heterocycles. The smallest absolute Gasteiger partial charge is 0.246 e. The molecule has 0 atom stereocenters. The van der Waals surface area contributed by atoms with Crippen molar-refractivity contribution in [1.29, 1.82) is 0 Å². The number of hydrogen-bond acceptors (Lipinski definition) is 4. The molecule has 6 nitrogen and oxygen atoms in total. The summed E-state index contributed by atoms with van der Waals surface area (Å²) in [5, 5.41) is 3.55. The number of rotatable bonds is 6. The second-order valence-corrected chi connectivity index (χ2v) is 7.94. The molecule has 0 spiro atoms. The Labute approximate surface area is 156 Å². The van der Waals surface area contributed by atoms with Crippen LogP contribution in [0.25, 0.3) is 0 Å². The molecule has 2 rings (SSSR count). The Morgan fingerprint density at radius 3 is 2.46 bits per heavy atom. The van der Waals surface area contributed by atoms with E-state index >= 15 is 0 Å². The highest BCUT2D eigenvalue weighted by Crippen LogP contribution is 2.24. The van der Waals surface area contributed by atoms with E-state index in [-0.39, 0.29) is 13.1 Å². The first kappa shape index (κ1) is 20.9. The molecule has 1 aromatic rings. The third kappa shape index (κ3) is 4.64. The van der Waals surface area contributed by atoms with Crippen LogP contribution in [0.2, 0.25) is 0 Å². The van der Waals surface area contributed by atoms with Crippen molar-refractivity contribution in [3.8, 4) is 0 Å². The predicted octanol–water partition coefficient (Wildman–Crippen LogP) is 1.32. The Morgan fingerprint density at radius 1 is 1.19 bits per heavy atom. The number of hydrogen-bond donors (Lipinski definition) is 1. The fourth-order valence-electron chi connectivity index (χ4n) is 2.50. The van der Waals surface area contributed by atoms with Gasteiger partial charge in [-0.25, -0.2) is 21.6 Å². The lowest BCUT2D eigenvalue weighted by atomic mass is 10.3. The summed E-state index contributed by atoms with van der Waals surface area (Å²) >= 11 is 5.26. The molecule has 26 heavy (non-hydrogen) atoms. The molecule has 0 radical (unpaired) electrons. The quantitative estimate of drug-likeness (QED) is 0.433. The lowest BCUT2D eigenvalue weighted by Gasteiger charge is -2.35. The van der Waals surface area contributed by atoms with Crippen LogP contribution in [0.1, 0.15) is 6.42 Å². The minimum absolute atomic E-state index is 0.0562. The summed E-state index contributed by atoms with van der Waals surface area (Å²) in [7, 11) is -2.66. The normalized spacial score (nSPS) is 15.9. The number of nitrogens with one attached hydrogen (secondary N) is 1. The van der Waals surface area contributed by atoms with Gasteiger partial charge >= 0.3 is 0 Å². The third-order valence-electron chi connectivity index (χ3n) is 3.94. The van der Waals surface area contributed by atoms with Crippen LogP contribution in [0.5, 0.6) is 0 Å². The number of methoxy groups -OCH3 is 1. The van der Waals surface area contributed by atoms with Gasteiger partial charge in [-0.1, -0.05) is 0 Å². The van der Waals surface area contributed by atoms with E-state index in [0.717, 1.165) is 16.8 Å². The number of sulfonamides is 1. The standard InChI is InChI=1S/C15H20F3N3O3S2/c1-24-10-2-5-19-15(25)20-6-8-21(9-7-20)26(22,23)12-4-3-11(16)13(17)14(12)18/h3-4H,2,5-10H2,1H3,(H,19,25). The van der Waals surface area contributed by atoms with Gasteiger partial charge in [-0.3, -0.25) is 0 Å². The average Bonchev–Trinajstić information content (AvgIpc) is 2.63. The Morgan fingerprint density at radius 2 is 1.85 bits per heavy atom. The molecule has 0 aromatic heterocycles. The molecule has 1 fully saturated rings. The summed E-state index contributed by atoms with van der Waals surface area (Å²) in [5.74, 6) is -4.94. The summed E-state index contributed by atoms with van der Waals surface area (Å²) in [6.45, 7) is 1.95. The summed E-state index contributed by atoms with van der Waals surface area (Å²) in [6, 6.07) is 1.33. The van der Waals surface area contributed by atoms with Gasteiger partial charge in [0.15, 0.2) is 22.6 Å². The van der Waals surface area contributed by atoms with Gasteiger partial charge in [0.1, 0.15) is 4.90 Å². The zero-order valence-corrected chi connectivity index (χ0v) is 15.8. The van der Waals surface area contributed by atoms with Crippen molar-refractivity contribution in [2.24, 2.45) is 0 Å². The first-order chi connectivity index (χ1) is 12.3. The molecule has 0 aliphatic carbocycles. The van der Waals surface area contributed by atoms with Crippen LogP contribution in [0, 0.1) is 17.5 Å². The first-order valence-corrected chi connectivity index (χ1v) is 9.79. The summed E-state index contributed by atoms with van der Waals surface area (Å²) < 4.78 is 71.2. The Bertz CT molecular complexity index is 754. The van der Waals surface area contributed by atoms with Gasteiger partial charge in [0, 0.05) is 46.4 Å². The number of piperazine rings is 1. The van der Waals surface area contributed by atoms with Crippen LogP contribution in [-0.2, 0) is 14.8 Å². The molecule has 1 saturated heterocycles. The molecular formula is C15H20F3N3O3S2. The van der Waals surface area contributed by atoms with Gasteiger partial charge in [0.05, 0.1) is 0 Å². The number of thiocarbonyl (C=S) groups is 1. The molecule has 1 N–H and O–H groups in total. The minimum atomic E-state index is -4.26. The van der Waals surface area contributed by atoms with E-state index in [4.69, 9.17) is 17.0 Å². The molecule has 0 amide bonds. The average molecular weight is 411 g/mol. The number of halogens is 3. The largest absolute Gasteiger partial charge is 0.385 e. The van der Waals surface area contributed by atoms with Crippen molar-refractivity contribution in [3.05, 3.63) is 29.6 Å². The maximum Gasteiger partial charge on any atom is 0.246 e. The van der Waals surface area contributed by atoms with Gasteiger partial charge < -0.3 is 15.0 Å². The van der Waals surface area contributed by atoms with E-state index in [9.17, 15) is 21.6 Å². The van der Waals surface area contributed by atoms with Crippen LogP contribution >= 0.6 is 12.2 Å². The third-order valence-corrected chi connectivity index (χ3v) is 6.26. The summed E-state index contributed by atoms with van der Waals surface area (Å²) in [6.07, 6.45) is 0.778. The Balaban J connectivity index is 1.99. The number of ether oxygens (including phenoxy) is 1. The van der Waals surface area contributed by atoms with Crippen LogP contribution in [0.15, 0.2) is 17.0 Å². The monoisotopic (exact) mass is 411 g/mol. The van der Waals surface area contributed by atoms with Crippen molar-refractivity contribution < 1.29 is 26.3 Å². The van der Waals surface area contributed by atoms with Crippen molar-refractivity contribution >= 4 is 27.4 Å². The van der Waals surface area contributed by atoms with Crippen molar-refractivity contribution in [1.82, 2.24) is 14.5 Å². The molecule has 146 valence electrons. The molecule has 0 bridgehead atoms. The highest BCUT2D eigenvalue weighted by molar-refractivity contribution is 7.89. The fourth-order valence-corrected chi connectivity index (χ4v) is 4.26. The second-order valence-electron chi connectivity index (χ2n) is 5.64. The molecular weight excluding hydrogens is 391 g/mol. The van der Waals surface area contributed by atoms with Crippen LogP contribution < -0.4 is 5.32 Å². The second kappa shape index (κ2) is 8.98. The van der Waals surface area contributed by atoms with Gasteiger partial charge in [-0.2, -0.15) is 4.31 Å². The van der Waals surface area contributed by atoms with Crippen LogP contribution in [0.4, 0.5) is 13.2 Å². The highest BCUT2D eigenvalue weighted by atomic mass is 32.2. The lowest BCUT2D eigenvalue weighted by molar-refractivity contribution is 0.195. The highest BCUT2D eigenvalue weighted by Gasteiger charge is 2.32. The number of nitrogens with zero attached hydrogens (tertiary/aromatic N) is 2. The first-order valence-electron chi connectivity index (χ1n) is 7.94. The van der Waals surface area contributed by atoms with E-state index in [1.54, 1.807) is 12.0 Å². The minimum Gasteiger partial charge on any atom is -0.385 e. The lowest BCUT2D eigenvalue weighted by Crippen LogP contribution is -2.53. The maximum atomic E-state index is 13.8. The van der Waals surface area contributed by atoms with Gasteiger partial charge in [0.2, 0.25) is 10.0 Å². The fraction of sp³-hybridized carbons (Fsp3) is 0.533. The zero-order valence-electron chi connectivity index (χ0n) is 14.2. The maximum absolute atomic E-state index is 13.8. The van der Waals surface area contributed by atoms with Crippen molar-refractivity contribution in [2.45, 2.75) is 11.3 Å².